The molecule has 2 rings (SSSR count). The van der Waals surface area contributed by atoms with Crippen molar-refractivity contribution in [3.63, 3.8) is 0 Å². The number of piperazine rings is 1. The number of amides is 2. The molecule has 0 spiro atoms. The van der Waals surface area contributed by atoms with Gasteiger partial charge in [0.15, 0.2) is 0 Å². The number of carbonyl (C=O) groups is 2. The Balaban J connectivity index is 2.07. The van der Waals surface area contributed by atoms with Crippen molar-refractivity contribution in [2.75, 3.05) is 32.8 Å². The molecule has 0 unspecified atom stereocenters. The zero-order valence-corrected chi connectivity index (χ0v) is 14.7. The molecular formula is C16H21Cl2N3O3. The highest BCUT2D eigenvalue weighted by atomic mass is 35.5. The maximum atomic E-state index is 12.6. The van der Waals surface area contributed by atoms with Crippen LogP contribution in [0.25, 0.3) is 0 Å². The summed E-state index contributed by atoms with van der Waals surface area (Å²) in [6.07, 6.45) is 0.816. The number of hydrogen-bond acceptors (Lipinski definition) is 4. The van der Waals surface area contributed by atoms with E-state index in [-0.39, 0.29) is 23.4 Å². The van der Waals surface area contributed by atoms with Gasteiger partial charge >= 0.3 is 0 Å². The van der Waals surface area contributed by atoms with Crippen molar-refractivity contribution in [3.8, 4) is 0 Å². The third-order valence-corrected chi connectivity index (χ3v) is 4.60. The first kappa shape index (κ1) is 19.0. The molecule has 0 radical (unpaired) electrons. The van der Waals surface area contributed by atoms with Crippen LogP contribution < -0.4 is 10.6 Å². The quantitative estimate of drug-likeness (QED) is 0.701. The number of rotatable bonds is 6. The van der Waals surface area contributed by atoms with Crippen LogP contribution in [-0.2, 0) is 4.79 Å². The molecule has 0 bridgehead atoms. The molecule has 132 valence electrons. The fourth-order valence-corrected chi connectivity index (χ4v) is 2.84. The molecule has 2 amide bonds. The fourth-order valence-electron chi connectivity index (χ4n) is 2.54. The molecule has 1 aromatic carbocycles. The largest absolute Gasteiger partial charge is 0.396 e. The van der Waals surface area contributed by atoms with Crippen LogP contribution in [0.3, 0.4) is 0 Å². The SMILES string of the molecule is O=C(N[C@@H](CCCO)C(=O)N1CCNCC1)c1ccc(Cl)c(Cl)c1. The van der Waals surface area contributed by atoms with Crippen molar-refractivity contribution >= 4 is 35.0 Å². The minimum absolute atomic E-state index is 0.0338. The van der Waals surface area contributed by atoms with E-state index < -0.39 is 6.04 Å². The van der Waals surface area contributed by atoms with Crippen LogP contribution in [0.5, 0.6) is 0 Å². The molecule has 1 fully saturated rings. The number of hydrogen-bond donors (Lipinski definition) is 3. The van der Waals surface area contributed by atoms with Crippen molar-refractivity contribution in [2.24, 2.45) is 0 Å². The van der Waals surface area contributed by atoms with Crippen LogP contribution in [0.4, 0.5) is 0 Å². The van der Waals surface area contributed by atoms with Gasteiger partial charge in [-0.15, -0.1) is 0 Å². The van der Waals surface area contributed by atoms with Crippen molar-refractivity contribution in [1.82, 2.24) is 15.5 Å². The number of aliphatic hydroxyl groups excluding tert-OH is 1. The second-order valence-electron chi connectivity index (χ2n) is 5.60. The molecule has 1 heterocycles. The average molecular weight is 374 g/mol. The molecule has 24 heavy (non-hydrogen) atoms. The van der Waals surface area contributed by atoms with Gasteiger partial charge in [0.25, 0.3) is 5.91 Å². The molecule has 1 atom stereocenters. The molecule has 1 aliphatic rings. The lowest BCUT2D eigenvalue weighted by molar-refractivity contribution is -0.134. The standard InChI is InChI=1S/C16H21Cl2N3O3/c17-12-4-3-11(10-13(12)18)15(23)20-14(2-1-9-22)16(24)21-7-5-19-6-8-21/h3-4,10,14,19,22H,1-2,5-9H2,(H,20,23)/t14-/m0/s1. The molecule has 1 saturated heterocycles. The van der Waals surface area contributed by atoms with Gasteiger partial charge in [-0.25, -0.2) is 0 Å². The molecule has 3 N–H and O–H groups in total. The number of halogens is 2. The second kappa shape index (κ2) is 9.22. The topological polar surface area (TPSA) is 81.7 Å². The third-order valence-electron chi connectivity index (χ3n) is 3.86. The van der Waals surface area contributed by atoms with E-state index in [2.05, 4.69) is 10.6 Å². The Morgan fingerprint density at radius 3 is 2.58 bits per heavy atom. The Morgan fingerprint density at radius 1 is 1.25 bits per heavy atom. The Labute approximate surface area is 151 Å². The highest BCUT2D eigenvalue weighted by Gasteiger charge is 2.27. The maximum absolute atomic E-state index is 12.6. The zero-order chi connectivity index (χ0) is 17.5. The number of nitrogens with one attached hydrogen (secondary N) is 2. The predicted molar refractivity (Wildman–Crippen MR) is 93.5 cm³/mol. The van der Waals surface area contributed by atoms with Gasteiger partial charge < -0.3 is 20.6 Å². The van der Waals surface area contributed by atoms with E-state index >= 15 is 0 Å². The summed E-state index contributed by atoms with van der Waals surface area (Å²) >= 11 is 11.8. The van der Waals surface area contributed by atoms with Gasteiger partial charge in [-0.1, -0.05) is 23.2 Å². The first-order chi connectivity index (χ1) is 11.5. The summed E-state index contributed by atoms with van der Waals surface area (Å²) in [6, 6.07) is 3.90. The van der Waals surface area contributed by atoms with Crippen LogP contribution >= 0.6 is 23.2 Å². The van der Waals surface area contributed by atoms with Crippen molar-refractivity contribution in [2.45, 2.75) is 18.9 Å². The number of benzene rings is 1. The van der Waals surface area contributed by atoms with Crippen molar-refractivity contribution in [1.29, 1.82) is 0 Å². The van der Waals surface area contributed by atoms with Crippen molar-refractivity contribution in [3.05, 3.63) is 33.8 Å². The maximum Gasteiger partial charge on any atom is 0.251 e. The van der Waals surface area contributed by atoms with E-state index in [1.165, 1.54) is 6.07 Å². The van der Waals surface area contributed by atoms with Gasteiger partial charge in [0.2, 0.25) is 5.91 Å². The molecule has 0 aromatic heterocycles. The molecule has 1 aromatic rings. The Morgan fingerprint density at radius 2 is 1.96 bits per heavy atom. The predicted octanol–water partition coefficient (Wildman–Crippen LogP) is 1.30. The molecule has 0 saturated carbocycles. The van der Waals surface area contributed by atoms with E-state index in [9.17, 15) is 9.59 Å². The van der Waals surface area contributed by atoms with E-state index in [0.717, 1.165) is 13.1 Å². The van der Waals surface area contributed by atoms with E-state index in [4.69, 9.17) is 28.3 Å². The Hall–Kier alpha value is -1.34. The minimum atomic E-state index is -0.669. The van der Waals surface area contributed by atoms with Crippen LogP contribution in [0.15, 0.2) is 18.2 Å². The van der Waals surface area contributed by atoms with E-state index in [0.29, 0.717) is 36.5 Å². The first-order valence-electron chi connectivity index (χ1n) is 7.89. The van der Waals surface area contributed by atoms with Gasteiger partial charge in [0.05, 0.1) is 10.0 Å². The van der Waals surface area contributed by atoms with Gasteiger partial charge in [-0.3, -0.25) is 9.59 Å². The van der Waals surface area contributed by atoms with Crippen LogP contribution in [-0.4, -0.2) is 60.6 Å². The molecular weight excluding hydrogens is 353 g/mol. The third kappa shape index (κ3) is 5.08. The van der Waals surface area contributed by atoms with E-state index in [1.807, 2.05) is 0 Å². The normalized spacial score (nSPS) is 15.9. The lowest BCUT2D eigenvalue weighted by Crippen LogP contribution is -2.54. The van der Waals surface area contributed by atoms with Crippen molar-refractivity contribution < 1.29 is 14.7 Å². The number of nitrogens with zero attached hydrogens (tertiary/aromatic N) is 1. The van der Waals surface area contributed by atoms with Gasteiger partial charge in [0.1, 0.15) is 6.04 Å². The number of aliphatic hydroxyl groups is 1. The molecule has 6 nitrogen and oxygen atoms in total. The summed E-state index contributed by atoms with van der Waals surface area (Å²) in [7, 11) is 0. The van der Waals surface area contributed by atoms with E-state index in [1.54, 1.807) is 17.0 Å². The highest BCUT2D eigenvalue weighted by Crippen LogP contribution is 2.22. The summed E-state index contributed by atoms with van der Waals surface area (Å²) in [6.45, 7) is 2.65. The lowest BCUT2D eigenvalue weighted by Gasteiger charge is -2.31. The minimum Gasteiger partial charge on any atom is -0.396 e. The summed E-state index contributed by atoms with van der Waals surface area (Å²) < 4.78 is 0. The second-order valence-corrected chi connectivity index (χ2v) is 6.41. The summed E-state index contributed by atoms with van der Waals surface area (Å²) in [5, 5.41) is 15.6. The Bertz CT molecular complexity index is 592. The highest BCUT2D eigenvalue weighted by molar-refractivity contribution is 6.42. The monoisotopic (exact) mass is 373 g/mol. The van der Waals surface area contributed by atoms with Gasteiger partial charge in [-0.05, 0) is 31.0 Å². The molecule has 8 heteroatoms. The smallest absolute Gasteiger partial charge is 0.251 e. The fraction of sp³-hybridized carbons (Fsp3) is 0.500. The first-order valence-corrected chi connectivity index (χ1v) is 8.65. The summed E-state index contributed by atoms with van der Waals surface area (Å²) in [5.41, 5.74) is 0.339. The van der Waals surface area contributed by atoms with Gasteiger partial charge in [-0.2, -0.15) is 0 Å². The van der Waals surface area contributed by atoms with Crippen LogP contribution in [0, 0.1) is 0 Å². The number of carbonyl (C=O) groups excluding carboxylic acids is 2. The lowest BCUT2D eigenvalue weighted by atomic mass is 10.1. The van der Waals surface area contributed by atoms with Gasteiger partial charge in [0, 0.05) is 38.3 Å². The Kier molecular flexibility index (Phi) is 7.30. The zero-order valence-electron chi connectivity index (χ0n) is 13.2. The average Bonchev–Trinajstić information content (AvgIpc) is 2.60. The van der Waals surface area contributed by atoms with Crippen LogP contribution in [0.1, 0.15) is 23.2 Å². The molecule has 1 aliphatic heterocycles. The molecule has 0 aliphatic carbocycles. The van der Waals surface area contributed by atoms with Crippen LogP contribution in [0.2, 0.25) is 10.0 Å². The summed E-state index contributed by atoms with van der Waals surface area (Å²) in [5.74, 6) is -0.515. The summed E-state index contributed by atoms with van der Waals surface area (Å²) in [4.78, 5) is 26.8.